The van der Waals surface area contributed by atoms with E-state index in [1.165, 1.54) is 29.1 Å². The Morgan fingerprint density at radius 1 is 1.56 bits per heavy atom. The lowest BCUT2D eigenvalue weighted by Crippen LogP contribution is -2.04. The van der Waals surface area contributed by atoms with Crippen LogP contribution >= 0.6 is 15.9 Å². The van der Waals surface area contributed by atoms with Crippen molar-refractivity contribution < 1.29 is 13.9 Å². The molecule has 1 heterocycles. The fraction of sp³-hybridized carbons (Fsp3) is 0.182. The maximum atomic E-state index is 12.9. The first-order valence-corrected chi connectivity index (χ1v) is 5.96. The van der Waals surface area contributed by atoms with Gasteiger partial charge in [-0.3, -0.25) is 0 Å². The molecule has 0 amide bonds. The van der Waals surface area contributed by atoms with Crippen LogP contribution in [0.5, 0.6) is 0 Å². The third-order valence-electron chi connectivity index (χ3n) is 2.13. The number of carbonyl (C=O) groups excluding carboxylic acids is 1. The van der Waals surface area contributed by atoms with Crippen molar-refractivity contribution in [2.45, 2.75) is 6.92 Å². The van der Waals surface area contributed by atoms with Gasteiger partial charge < -0.3 is 4.74 Å². The predicted molar refractivity (Wildman–Crippen MR) is 65.0 cm³/mol. The summed E-state index contributed by atoms with van der Waals surface area (Å²) in [7, 11) is 0. The standard InChI is InChI=1S/C11H9BrFN3O2/c1-2-18-11(17)9-6-16(15-14-9)10-4-3-7(13)5-8(10)12/h3-6H,2H2,1H3. The normalized spacial score (nSPS) is 10.4. The Labute approximate surface area is 111 Å². The largest absolute Gasteiger partial charge is 0.461 e. The zero-order valence-corrected chi connectivity index (χ0v) is 11.0. The molecule has 18 heavy (non-hydrogen) atoms. The number of carbonyl (C=O) groups is 1. The van der Waals surface area contributed by atoms with Crippen molar-refractivity contribution in [3.63, 3.8) is 0 Å². The van der Waals surface area contributed by atoms with Gasteiger partial charge in [-0.15, -0.1) is 5.10 Å². The minimum Gasteiger partial charge on any atom is -0.461 e. The lowest BCUT2D eigenvalue weighted by molar-refractivity contribution is 0.0519. The van der Waals surface area contributed by atoms with Gasteiger partial charge in [0.05, 0.1) is 18.5 Å². The Kier molecular flexibility index (Phi) is 3.71. The number of nitrogens with zero attached hydrogens (tertiary/aromatic N) is 3. The number of hydrogen-bond donors (Lipinski definition) is 0. The summed E-state index contributed by atoms with van der Waals surface area (Å²) in [4.78, 5) is 11.4. The molecule has 0 saturated carbocycles. The highest BCUT2D eigenvalue weighted by Crippen LogP contribution is 2.21. The van der Waals surface area contributed by atoms with Crippen LogP contribution in [0.1, 0.15) is 17.4 Å². The van der Waals surface area contributed by atoms with Gasteiger partial charge in [-0.05, 0) is 41.1 Å². The molecule has 94 valence electrons. The number of hydrogen-bond acceptors (Lipinski definition) is 4. The second kappa shape index (κ2) is 5.26. The molecule has 1 aromatic carbocycles. The lowest BCUT2D eigenvalue weighted by Gasteiger charge is -2.02. The first kappa shape index (κ1) is 12.7. The number of aromatic nitrogens is 3. The van der Waals surface area contributed by atoms with Crippen molar-refractivity contribution in [1.82, 2.24) is 15.0 Å². The van der Waals surface area contributed by atoms with Crippen LogP contribution in [0, 0.1) is 5.82 Å². The van der Waals surface area contributed by atoms with Gasteiger partial charge >= 0.3 is 5.97 Å². The van der Waals surface area contributed by atoms with E-state index in [0.29, 0.717) is 10.2 Å². The van der Waals surface area contributed by atoms with Crippen LogP contribution in [0.3, 0.4) is 0 Å². The number of ether oxygens (including phenoxy) is 1. The van der Waals surface area contributed by atoms with Crippen molar-refractivity contribution in [3.8, 4) is 5.69 Å². The number of halogens is 2. The first-order chi connectivity index (χ1) is 8.61. The van der Waals surface area contributed by atoms with Crippen LogP contribution in [0.2, 0.25) is 0 Å². The smallest absolute Gasteiger partial charge is 0.360 e. The van der Waals surface area contributed by atoms with Crippen LogP contribution in [-0.2, 0) is 4.74 Å². The van der Waals surface area contributed by atoms with Crippen LogP contribution in [0.25, 0.3) is 5.69 Å². The number of rotatable bonds is 3. The maximum absolute atomic E-state index is 12.9. The molecule has 0 aliphatic heterocycles. The molecule has 1 aromatic heterocycles. The van der Waals surface area contributed by atoms with Gasteiger partial charge in [-0.25, -0.2) is 13.9 Å². The number of esters is 1. The fourth-order valence-corrected chi connectivity index (χ4v) is 1.88. The van der Waals surface area contributed by atoms with E-state index in [4.69, 9.17) is 4.74 Å². The first-order valence-electron chi connectivity index (χ1n) is 5.16. The van der Waals surface area contributed by atoms with Gasteiger partial charge in [0.2, 0.25) is 0 Å². The van der Waals surface area contributed by atoms with Crippen LogP contribution in [-0.4, -0.2) is 27.6 Å². The average Bonchev–Trinajstić information content (AvgIpc) is 2.78. The zero-order valence-electron chi connectivity index (χ0n) is 9.43. The third-order valence-corrected chi connectivity index (χ3v) is 2.77. The molecule has 0 fully saturated rings. The Balaban J connectivity index is 2.32. The maximum Gasteiger partial charge on any atom is 0.360 e. The van der Waals surface area contributed by atoms with E-state index in [1.54, 1.807) is 6.92 Å². The van der Waals surface area contributed by atoms with E-state index in [-0.39, 0.29) is 18.1 Å². The highest BCUT2D eigenvalue weighted by molar-refractivity contribution is 9.10. The SMILES string of the molecule is CCOC(=O)c1cn(-c2ccc(F)cc2Br)nn1. The van der Waals surface area contributed by atoms with Crippen LogP contribution in [0.15, 0.2) is 28.9 Å². The van der Waals surface area contributed by atoms with Crippen molar-refractivity contribution in [2.75, 3.05) is 6.61 Å². The highest BCUT2D eigenvalue weighted by Gasteiger charge is 2.13. The molecular formula is C11H9BrFN3O2. The predicted octanol–water partition coefficient (Wildman–Crippen LogP) is 2.35. The van der Waals surface area contributed by atoms with Gasteiger partial charge in [-0.2, -0.15) is 0 Å². The Morgan fingerprint density at radius 3 is 3.00 bits per heavy atom. The summed E-state index contributed by atoms with van der Waals surface area (Å²) < 4.78 is 19.6. The van der Waals surface area contributed by atoms with E-state index >= 15 is 0 Å². The van der Waals surface area contributed by atoms with E-state index in [2.05, 4.69) is 26.2 Å². The quantitative estimate of drug-likeness (QED) is 0.816. The van der Waals surface area contributed by atoms with Crippen molar-refractivity contribution in [3.05, 3.63) is 40.4 Å². The van der Waals surface area contributed by atoms with E-state index in [0.717, 1.165) is 0 Å². The molecule has 0 spiro atoms. The van der Waals surface area contributed by atoms with Gasteiger partial charge in [0.25, 0.3) is 0 Å². The van der Waals surface area contributed by atoms with Crippen LogP contribution in [0.4, 0.5) is 4.39 Å². The second-order valence-corrected chi connectivity index (χ2v) is 4.22. The monoisotopic (exact) mass is 313 g/mol. The molecule has 2 aromatic rings. The molecule has 7 heteroatoms. The molecule has 0 N–H and O–H groups in total. The molecule has 0 atom stereocenters. The lowest BCUT2D eigenvalue weighted by atomic mass is 10.3. The molecule has 5 nitrogen and oxygen atoms in total. The zero-order chi connectivity index (χ0) is 13.1. The molecule has 0 aliphatic carbocycles. The minimum atomic E-state index is -0.540. The van der Waals surface area contributed by atoms with Crippen molar-refractivity contribution >= 4 is 21.9 Å². The minimum absolute atomic E-state index is 0.105. The van der Waals surface area contributed by atoms with Crippen molar-refractivity contribution in [1.29, 1.82) is 0 Å². The Hall–Kier alpha value is -1.76. The molecule has 0 unspecified atom stereocenters. The summed E-state index contributed by atoms with van der Waals surface area (Å²) in [5.74, 6) is -0.904. The number of benzene rings is 1. The van der Waals surface area contributed by atoms with E-state index < -0.39 is 5.97 Å². The van der Waals surface area contributed by atoms with Gasteiger partial charge in [0, 0.05) is 4.47 Å². The van der Waals surface area contributed by atoms with Gasteiger partial charge in [-0.1, -0.05) is 5.21 Å². The Morgan fingerprint density at radius 2 is 2.33 bits per heavy atom. The van der Waals surface area contributed by atoms with E-state index in [9.17, 15) is 9.18 Å². The Bertz CT molecular complexity index is 585. The average molecular weight is 314 g/mol. The molecule has 0 bridgehead atoms. The summed E-state index contributed by atoms with van der Waals surface area (Å²) in [6.07, 6.45) is 1.43. The molecular weight excluding hydrogens is 305 g/mol. The highest BCUT2D eigenvalue weighted by atomic mass is 79.9. The second-order valence-electron chi connectivity index (χ2n) is 3.36. The van der Waals surface area contributed by atoms with Gasteiger partial charge in [0.15, 0.2) is 5.69 Å². The van der Waals surface area contributed by atoms with E-state index in [1.807, 2.05) is 0 Å². The molecule has 0 aliphatic rings. The molecule has 2 rings (SSSR count). The summed E-state index contributed by atoms with van der Waals surface area (Å²) in [6.45, 7) is 1.98. The third kappa shape index (κ3) is 2.56. The molecule has 0 radical (unpaired) electrons. The summed E-state index contributed by atoms with van der Waals surface area (Å²) in [5, 5.41) is 7.49. The summed E-state index contributed by atoms with van der Waals surface area (Å²) in [6, 6.07) is 4.13. The van der Waals surface area contributed by atoms with Crippen LogP contribution < -0.4 is 0 Å². The summed E-state index contributed by atoms with van der Waals surface area (Å²) >= 11 is 3.22. The fourth-order valence-electron chi connectivity index (χ4n) is 1.35. The topological polar surface area (TPSA) is 57.0 Å². The van der Waals surface area contributed by atoms with Gasteiger partial charge in [0.1, 0.15) is 5.82 Å². The molecule has 0 saturated heterocycles. The summed E-state index contributed by atoms with van der Waals surface area (Å²) in [5.41, 5.74) is 0.688. The van der Waals surface area contributed by atoms with Crippen molar-refractivity contribution in [2.24, 2.45) is 0 Å².